The van der Waals surface area contributed by atoms with Gasteiger partial charge < -0.3 is 20.7 Å². The Labute approximate surface area is 110 Å². The van der Waals surface area contributed by atoms with Crippen molar-refractivity contribution in [1.82, 2.24) is 5.32 Å². The zero-order chi connectivity index (χ0) is 14.4. The van der Waals surface area contributed by atoms with Crippen molar-refractivity contribution in [1.29, 1.82) is 0 Å². The summed E-state index contributed by atoms with van der Waals surface area (Å²) < 4.78 is 41.8. The number of anilines is 2. The van der Waals surface area contributed by atoms with E-state index < -0.39 is 18.2 Å². The molecule has 108 valence electrons. The van der Waals surface area contributed by atoms with E-state index in [1.165, 1.54) is 6.07 Å². The van der Waals surface area contributed by atoms with Crippen LogP contribution in [0.15, 0.2) is 12.1 Å². The zero-order valence-corrected chi connectivity index (χ0v) is 10.9. The van der Waals surface area contributed by atoms with Crippen LogP contribution in [-0.2, 0) is 0 Å². The average Bonchev–Trinajstić information content (AvgIpc) is 2.32. The second-order valence-electron chi connectivity index (χ2n) is 4.10. The van der Waals surface area contributed by atoms with Crippen molar-refractivity contribution in [2.45, 2.75) is 13.0 Å². The van der Waals surface area contributed by atoms with Crippen LogP contribution in [0.4, 0.5) is 24.5 Å². The van der Waals surface area contributed by atoms with Crippen LogP contribution in [0.25, 0.3) is 0 Å². The van der Waals surface area contributed by atoms with Crippen LogP contribution in [0.1, 0.15) is 6.42 Å². The molecule has 0 spiro atoms. The molecule has 0 radical (unpaired) electrons. The molecule has 0 aliphatic carbocycles. The van der Waals surface area contributed by atoms with Gasteiger partial charge in [0.2, 0.25) is 0 Å². The Balaban J connectivity index is 2.87. The van der Waals surface area contributed by atoms with E-state index in [0.29, 0.717) is 12.2 Å². The first kappa shape index (κ1) is 15.4. The number of ether oxygens (including phenoxy) is 1. The molecule has 0 saturated heterocycles. The summed E-state index contributed by atoms with van der Waals surface area (Å²) in [5, 5.41) is 2.99. The monoisotopic (exact) mass is 277 g/mol. The maximum absolute atomic E-state index is 13.4. The number of nitrogen functional groups attached to an aromatic ring is 1. The number of nitrogens with two attached hydrogens (primary N) is 1. The maximum Gasteiger partial charge on any atom is 0.387 e. The first-order valence-corrected chi connectivity index (χ1v) is 5.85. The lowest BCUT2D eigenvalue weighted by atomic mass is 10.2. The van der Waals surface area contributed by atoms with E-state index >= 15 is 0 Å². The van der Waals surface area contributed by atoms with E-state index in [9.17, 15) is 13.2 Å². The van der Waals surface area contributed by atoms with Gasteiger partial charge in [0.05, 0.1) is 11.4 Å². The number of nitrogens with one attached hydrogen (secondary N) is 1. The zero-order valence-electron chi connectivity index (χ0n) is 10.9. The van der Waals surface area contributed by atoms with Crippen molar-refractivity contribution in [3.05, 3.63) is 17.9 Å². The highest BCUT2D eigenvalue weighted by molar-refractivity contribution is 5.69. The molecule has 0 aliphatic heterocycles. The predicted molar refractivity (Wildman–Crippen MR) is 69.3 cm³/mol. The molecule has 0 aromatic heterocycles. The highest BCUT2D eigenvalue weighted by Crippen LogP contribution is 2.31. The number of nitrogens with zero attached hydrogens (tertiary/aromatic N) is 1. The van der Waals surface area contributed by atoms with Gasteiger partial charge in [-0.05, 0) is 20.0 Å². The van der Waals surface area contributed by atoms with Gasteiger partial charge in [-0.3, -0.25) is 0 Å². The fraction of sp³-hybridized carbons (Fsp3) is 0.500. The largest absolute Gasteiger partial charge is 0.432 e. The van der Waals surface area contributed by atoms with Crippen LogP contribution in [-0.4, -0.2) is 33.8 Å². The highest BCUT2D eigenvalue weighted by atomic mass is 19.3. The molecule has 0 saturated carbocycles. The number of hydrogen-bond donors (Lipinski definition) is 2. The van der Waals surface area contributed by atoms with Gasteiger partial charge in [-0.25, -0.2) is 4.39 Å². The molecule has 1 rings (SSSR count). The summed E-state index contributed by atoms with van der Waals surface area (Å²) in [4.78, 5) is 1.77. The van der Waals surface area contributed by atoms with Crippen LogP contribution < -0.4 is 20.7 Å². The molecule has 0 unspecified atom stereocenters. The summed E-state index contributed by atoms with van der Waals surface area (Å²) in [7, 11) is 3.59. The number of hydrogen-bond acceptors (Lipinski definition) is 4. The fourth-order valence-corrected chi connectivity index (χ4v) is 1.69. The van der Waals surface area contributed by atoms with Gasteiger partial charge in [-0.15, -0.1) is 0 Å². The minimum Gasteiger partial charge on any atom is -0.432 e. The molecular formula is C12H18F3N3O. The maximum atomic E-state index is 13.4. The molecule has 0 heterocycles. The van der Waals surface area contributed by atoms with E-state index in [1.807, 2.05) is 7.05 Å². The van der Waals surface area contributed by atoms with Crippen molar-refractivity contribution >= 4 is 11.4 Å². The molecule has 0 bridgehead atoms. The third kappa shape index (κ3) is 4.51. The highest BCUT2D eigenvalue weighted by Gasteiger charge is 2.15. The van der Waals surface area contributed by atoms with Crippen molar-refractivity contribution < 1.29 is 17.9 Å². The molecular weight excluding hydrogens is 259 g/mol. The fourth-order valence-electron chi connectivity index (χ4n) is 1.69. The summed E-state index contributed by atoms with van der Waals surface area (Å²) in [5.41, 5.74) is 6.34. The number of rotatable bonds is 7. The van der Waals surface area contributed by atoms with Crippen LogP contribution >= 0.6 is 0 Å². The molecule has 7 heteroatoms. The number of alkyl halides is 2. The van der Waals surface area contributed by atoms with Crippen molar-refractivity contribution in [3.63, 3.8) is 0 Å². The molecule has 3 N–H and O–H groups in total. The van der Waals surface area contributed by atoms with Gasteiger partial charge in [0.25, 0.3) is 0 Å². The first-order chi connectivity index (χ1) is 8.95. The van der Waals surface area contributed by atoms with Crippen LogP contribution in [0.2, 0.25) is 0 Å². The normalized spacial score (nSPS) is 10.8. The lowest BCUT2D eigenvalue weighted by Gasteiger charge is -2.22. The Kier molecular flexibility index (Phi) is 5.75. The van der Waals surface area contributed by atoms with Gasteiger partial charge in [-0.1, -0.05) is 0 Å². The number of benzene rings is 1. The van der Waals surface area contributed by atoms with E-state index in [2.05, 4.69) is 10.1 Å². The lowest BCUT2D eigenvalue weighted by Crippen LogP contribution is -2.23. The Morgan fingerprint density at radius 3 is 2.68 bits per heavy atom. The lowest BCUT2D eigenvalue weighted by molar-refractivity contribution is -0.0521. The van der Waals surface area contributed by atoms with Crippen LogP contribution in [0, 0.1) is 5.82 Å². The van der Waals surface area contributed by atoms with Gasteiger partial charge in [-0.2, -0.15) is 8.78 Å². The summed E-state index contributed by atoms with van der Waals surface area (Å²) in [6.45, 7) is -1.60. The SMILES string of the molecule is CNCCCN(C)c1cc(OC(F)F)c(F)cc1N. The van der Waals surface area contributed by atoms with Gasteiger partial charge >= 0.3 is 6.61 Å². The molecule has 0 fully saturated rings. The minimum atomic E-state index is -3.07. The van der Waals surface area contributed by atoms with Crippen molar-refractivity contribution in [3.8, 4) is 5.75 Å². The Morgan fingerprint density at radius 2 is 2.11 bits per heavy atom. The average molecular weight is 277 g/mol. The van der Waals surface area contributed by atoms with E-state index in [1.54, 1.807) is 11.9 Å². The second kappa shape index (κ2) is 7.08. The molecule has 0 amide bonds. The van der Waals surface area contributed by atoms with Crippen molar-refractivity contribution in [2.75, 3.05) is 37.8 Å². The molecule has 4 nitrogen and oxygen atoms in total. The third-order valence-electron chi connectivity index (χ3n) is 2.63. The topological polar surface area (TPSA) is 50.5 Å². The standard InChI is InChI=1S/C12H18F3N3O/c1-17-4-3-5-18(2)10-7-11(19-12(14)15)8(13)6-9(10)16/h6-7,12,17H,3-5,16H2,1-2H3. The Morgan fingerprint density at radius 1 is 1.42 bits per heavy atom. The van der Waals surface area contributed by atoms with E-state index in [0.717, 1.165) is 19.0 Å². The van der Waals surface area contributed by atoms with Gasteiger partial charge in [0, 0.05) is 25.7 Å². The Bertz CT molecular complexity index is 415. The van der Waals surface area contributed by atoms with Gasteiger partial charge in [0.15, 0.2) is 11.6 Å². The molecule has 0 aliphatic rings. The first-order valence-electron chi connectivity index (χ1n) is 5.85. The summed E-state index contributed by atoms with van der Waals surface area (Å²) in [5.74, 6) is -1.40. The molecule has 19 heavy (non-hydrogen) atoms. The second-order valence-corrected chi connectivity index (χ2v) is 4.10. The van der Waals surface area contributed by atoms with Gasteiger partial charge in [0.1, 0.15) is 0 Å². The Hall–Kier alpha value is -1.63. The number of halogens is 3. The van der Waals surface area contributed by atoms with E-state index in [4.69, 9.17) is 5.73 Å². The molecule has 0 atom stereocenters. The summed E-state index contributed by atoms with van der Waals surface area (Å²) >= 11 is 0. The summed E-state index contributed by atoms with van der Waals surface area (Å²) in [6, 6.07) is 2.18. The quantitative estimate of drug-likeness (QED) is 0.591. The smallest absolute Gasteiger partial charge is 0.387 e. The minimum absolute atomic E-state index is 0.186. The third-order valence-corrected chi connectivity index (χ3v) is 2.63. The van der Waals surface area contributed by atoms with Crippen LogP contribution in [0.5, 0.6) is 5.75 Å². The molecule has 1 aromatic carbocycles. The van der Waals surface area contributed by atoms with E-state index in [-0.39, 0.29) is 5.69 Å². The predicted octanol–water partition coefficient (Wildman–Crippen LogP) is 2.05. The van der Waals surface area contributed by atoms with Crippen molar-refractivity contribution in [2.24, 2.45) is 0 Å². The summed E-state index contributed by atoms with van der Waals surface area (Å²) in [6.07, 6.45) is 0.842. The molecule has 1 aromatic rings. The van der Waals surface area contributed by atoms with Crippen LogP contribution in [0.3, 0.4) is 0 Å².